The van der Waals surface area contributed by atoms with Crippen molar-refractivity contribution in [3.8, 4) is 5.75 Å². The van der Waals surface area contributed by atoms with E-state index >= 15 is 0 Å². The molecule has 2 aliphatic rings. The Bertz CT molecular complexity index is 669. The molecule has 3 heteroatoms. The van der Waals surface area contributed by atoms with Crippen LogP contribution in [0.25, 0.3) is 0 Å². The average molecular weight is 283 g/mol. The highest BCUT2D eigenvalue weighted by molar-refractivity contribution is 5.47. The van der Waals surface area contributed by atoms with Crippen LogP contribution in [0.2, 0.25) is 0 Å². The van der Waals surface area contributed by atoms with Crippen LogP contribution in [0.5, 0.6) is 5.75 Å². The Labute approximate surface area is 124 Å². The molecule has 0 amide bonds. The summed E-state index contributed by atoms with van der Waals surface area (Å²) in [6.45, 7) is 1.95. The molecule has 0 N–H and O–H groups in total. The number of hydrogen-bond acceptors (Lipinski definition) is 2. The molecular weight excluding hydrogens is 265 g/mol. The van der Waals surface area contributed by atoms with Crippen LogP contribution in [0.4, 0.5) is 4.39 Å². The van der Waals surface area contributed by atoms with E-state index in [2.05, 4.69) is 24.1 Å². The second kappa shape index (κ2) is 4.57. The minimum Gasteiger partial charge on any atom is -0.482 e. The van der Waals surface area contributed by atoms with E-state index in [9.17, 15) is 4.39 Å². The SMILES string of the molecule is CN1CC[C@@]2(c3ccc(F)cc3)Oc3ccccc3[C@H]2C1. The predicted octanol–water partition coefficient (Wildman–Crippen LogP) is 3.53. The lowest BCUT2D eigenvalue weighted by molar-refractivity contribution is 0.00698. The monoisotopic (exact) mass is 283 g/mol. The van der Waals surface area contributed by atoms with E-state index in [-0.39, 0.29) is 11.4 Å². The highest BCUT2D eigenvalue weighted by Gasteiger charge is 2.51. The number of benzene rings is 2. The summed E-state index contributed by atoms with van der Waals surface area (Å²) >= 11 is 0. The highest BCUT2D eigenvalue weighted by atomic mass is 19.1. The zero-order valence-electron chi connectivity index (χ0n) is 12.1. The Morgan fingerprint density at radius 1 is 1.14 bits per heavy atom. The lowest BCUT2D eigenvalue weighted by Gasteiger charge is -2.42. The number of likely N-dealkylation sites (N-methyl/N-ethyl adjacent to an activating group) is 1. The van der Waals surface area contributed by atoms with Gasteiger partial charge in [0, 0.05) is 31.0 Å². The van der Waals surface area contributed by atoms with E-state index in [1.54, 1.807) is 0 Å². The minimum absolute atomic E-state index is 0.199. The summed E-state index contributed by atoms with van der Waals surface area (Å²) in [5.74, 6) is 1.08. The van der Waals surface area contributed by atoms with Crippen molar-refractivity contribution in [1.29, 1.82) is 0 Å². The van der Waals surface area contributed by atoms with E-state index in [4.69, 9.17) is 4.74 Å². The third-order valence-corrected chi connectivity index (χ3v) is 4.84. The van der Waals surface area contributed by atoms with Gasteiger partial charge in [-0.1, -0.05) is 30.3 Å². The average Bonchev–Trinajstić information content (AvgIpc) is 2.83. The molecule has 1 saturated heterocycles. The quantitative estimate of drug-likeness (QED) is 0.794. The summed E-state index contributed by atoms with van der Waals surface area (Å²) in [6.07, 6.45) is 0.925. The number of ether oxygens (including phenoxy) is 1. The van der Waals surface area contributed by atoms with E-state index < -0.39 is 0 Å². The fourth-order valence-corrected chi connectivity index (χ4v) is 3.75. The van der Waals surface area contributed by atoms with Gasteiger partial charge >= 0.3 is 0 Å². The molecule has 0 bridgehead atoms. The Morgan fingerprint density at radius 2 is 1.90 bits per heavy atom. The summed E-state index contributed by atoms with van der Waals surface area (Å²) in [6, 6.07) is 15.1. The molecule has 2 aliphatic heterocycles. The molecule has 0 radical (unpaired) electrons. The summed E-state index contributed by atoms with van der Waals surface area (Å²) in [7, 11) is 2.15. The third kappa shape index (κ3) is 1.88. The van der Waals surface area contributed by atoms with Gasteiger partial charge in [0.05, 0.1) is 0 Å². The molecule has 2 aromatic carbocycles. The molecule has 0 aliphatic carbocycles. The fraction of sp³-hybridized carbons (Fsp3) is 0.333. The Kier molecular flexibility index (Phi) is 2.79. The zero-order valence-corrected chi connectivity index (χ0v) is 12.1. The Morgan fingerprint density at radius 3 is 2.71 bits per heavy atom. The van der Waals surface area contributed by atoms with E-state index in [1.165, 1.54) is 17.7 Å². The molecular formula is C18H18FNO. The zero-order chi connectivity index (χ0) is 14.4. The molecule has 0 spiro atoms. The van der Waals surface area contributed by atoms with Gasteiger partial charge in [0.1, 0.15) is 17.2 Å². The molecule has 0 aromatic heterocycles. The summed E-state index contributed by atoms with van der Waals surface area (Å²) < 4.78 is 19.7. The van der Waals surface area contributed by atoms with Crippen LogP contribution < -0.4 is 4.74 Å². The van der Waals surface area contributed by atoms with Crippen molar-refractivity contribution in [2.24, 2.45) is 0 Å². The second-order valence-electron chi connectivity index (χ2n) is 6.10. The summed E-state index contributed by atoms with van der Waals surface area (Å²) in [5, 5.41) is 0. The maximum atomic E-state index is 13.3. The van der Waals surface area contributed by atoms with E-state index in [0.717, 1.165) is 30.8 Å². The topological polar surface area (TPSA) is 12.5 Å². The number of hydrogen-bond donors (Lipinski definition) is 0. The maximum absolute atomic E-state index is 13.3. The minimum atomic E-state index is -0.343. The number of likely N-dealkylation sites (tertiary alicyclic amines) is 1. The number of nitrogens with zero attached hydrogens (tertiary/aromatic N) is 1. The van der Waals surface area contributed by atoms with Crippen molar-refractivity contribution in [3.63, 3.8) is 0 Å². The van der Waals surface area contributed by atoms with Crippen molar-refractivity contribution >= 4 is 0 Å². The molecule has 0 saturated carbocycles. The van der Waals surface area contributed by atoms with Crippen LogP contribution >= 0.6 is 0 Å². The van der Waals surface area contributed by atoms with Gasteiger partial charge in [-0.2, -0.15) is 0 Å². The number of halogens is 1. The molecule has 2 aromatic rings. The highest BCUT2D eigenvalue weighted by Crippen LogP contribution is 2.54. The molecule has 4 rings (SSSR count). The Balaban J connectivity index is 1.84. The lowest BCUT2D eigenvalue weighted by atomic mass is 9.74. The smallest absolute Gasteiger partial charge is 0.143 e. The van der Waals surface area contributed by atoms with Crippen molar-refractivity contribution in [2.75, 3.05) is 20.1 Å². The molecule has 2 nitrogen and oxygen atoms in total. The van der Waals surface area contributed by atoms with Gasteiger partial charge in [-0.3, -0.25) is 0 Å². The summed E-state index contributed by atoms with van der Waals surface area (Å²) in [4.78, 5) is 2.35. The first-order valence-electron chi connectivity index (χ1n) is 7.41. The predicted molar refractivity (Wildman–Crippen MR) is 80.0 cm³/mol. The second-order valence-corrected chi connectivity index (χ2v) is 6.10. The first-order valence-corrected chi connectivity index (χ1v) is 7.41. The molecule has 108 valence electrons. The Hall–Kier alpha value is -1.87. The van der Waals surface area contributed by atoms with Crippen molar-refractivity contribution < 1.29 is 9.13 Å². The molecule has 1 fully saturated rings. The van der Waals surface area contributed by atoms with Gasteiger partial charge in [-0.25, -0.2) is 4.39 Å². The van der Waals surface area contributed by atoms with Gasteiger partial charge in [0.2, 0.25) is 0 Å². The first-order chi connectivity index (χ1) is 10.2. The number of para-hydroxylation sites is 1. The van der Waals surface area contributed by atoms with E-state index in [0.29, 0.717) is 5.92 Å². The number of fused-ring (bicyclic) bond motifs is 3. The first kappa shape index (κ1) is 12.8. The van der Waals surface area contributed by atoms with Crippen LogP contribution in [0, 0.1) is 5.82 Å². The van der Waals surface area contributed by atoms with Gasteiger partial charge in [-0.15, -0.1) is 0 Å². The molecule has 21 heavy (non-hydrogen) atoms. The third-order valence-electron chi connectivity index (χ3n) is 4.84. The van der Waals surface area contributed by atoms with Gasteiger partial charge < -0.3 is 9.64 Å². The largest absolute Gasteiger partial charge is 0.482 e. The standard InChI is InChI=1S/C18H18FNO/c1-20-11-10-18(13-6-8-14(19)9-7-13)16(12-20)15-4-2-3-5-17(15)21-18/h2-9,16H,10-12H2,1H3/t16-,18+/m1/s1. The number of piperidine rings is 1. The van der Waals surface area contributed by atoms with Crippen LogP contribution in [0.3, 0.4) is 0 Å². The molecule has 0 unspecified atom stereocenters. The van der Waals surface area contributed by atoms with Crippen molar-refractivity contribution in [3.05, 3.63) is 65.5 Å². The molecule has 2 atom stereocenters. The fourth-order valence-electron chi connectivity index (χ4n) is 3.75. The van der Waals surface area contributed by atoms with Crippen molar-refractivity contribution in [1.82, 2.24) is 4.90 Å². The van der Waals surface area contributed by atoms with Gasteiger partial charge in [0.15, 0.2) is 0 Å². The van der Waals surface area contributed by atoms with Crippen LogP contribution in [0.15, 0.2) is 48.5 Å². The van der Waals surface area contributed by atoms with Crippen molar-refractivity contribution in [2.45, 2.75) is 17.9 Å². The summed E-state index contributed by atoms with van der Waals surface area (Å²) in [5.41, 5.74) is 2.01. The lowest BCUT2D eigenvalue weighted by Crippen LogP contribution is -2.47. The molecule has 2 heterocycles. The number of rotatable bonds is 1. The van der Waals surface area contributed by atoms with Gasteiger partial charge in [0.25, 0.3) is 0 Å². The van der Waals surface area contributed by atoms with Crippen LogP contribution in [-0.4, -0.2) is 25.0 Å². The van der Waals surface area contributed by atoms with Crippen LogP contribution in [0.1, 0.15) is 23.5 Å². The van der Waals surface area contributed by atoms with Crippen LogP contribution in [-0.2, 0) is 5.60 Å². The normalized spacial score (nSPS) is 27.8. The van der Waals surface area contributed by atoms with Gasteiger partial charge in [-0.05, 0) is 30.8 Å². The maximum Gasteiger partial charge on any atom is 0.143 e. The van der Waals surface area contributed by atoms with E-state index in [1.807, 2.05) is 24.3 Å².